The van der Waals surface area contributed by atoms with Gasteiger partial charge in [0, 0.05) is 36.8 Å². The molecule has 2 saturated heterocycles. The molecular weight excluding hydrogens is 351 g/mol. The van der Waals surface area contributed by atoms with Crippen molar-refractivity contribution in [3.05, 3.63) is 33.9 Å². The number of fused-ring (bicyclic) bond motifs is 2. The summed E-state index contributed by atoms with van der Waals surface area (Å²) in [6.45, 7) is 1.64. The fraction of sp³-hybridized carbons (Fsp3) is 0.526. The smallest absolute Gasteiger partial charge is 0.341 e. The minimum atomic E-state index is -1.30. The van der Waals surface area contributed by atoms with Crippen molar-refractivity contribution in [3.8, 4) is 0 Å². The number of nitrogens with zero attached hydrogens (tertiary/aromatic N) is 3. The predicted octanol–water partition coefficient (Wildman–Crippen LogP) is 1.76. The van der Waals surface area contributed by atoms with E-state index in [4.69, 9.17) is 0 Å². The second kappa shape index (κ2) is 5.51. The van der Waals surface area contributed by atoms with Crippen LogP contribution in [0.5, 0.6) is 0 Å². The Morgan fingerprint density at radius 1 is 1.41 bits per heavy atom. The molecule has 4 aliphatic rings. The summed E-state index contributed by atoms with van der Waals surface area (Å²) in [5.41, 5.74) is -0.452. The van der Waals surface area contributed by atoms with Crippen molar-refractivity contribution in [2.24, 2.45) is 5.41 Å². The van der Waals surface area contributed by atoms with E-state index in [0.29, 0.717) is 5.65 Å². The van der Waals surface area contributed by atoms with E-state index in [9.17, 15) is 19.1 Å². The van der Waals surface area contributed by atoms with Gasteiger partial charge >= 0.3 is 5.97 Å². The molecule has 2 bridgehead atoms. The van der Waals surface area contributed by atoms with E-state index in [1.807, 2.05) is 11.9 Å². The van der Waals surface area contributed by atoms with Crippen LogP contribution in [0.1, 0.15) is 42.1 Å². The minimum absolute atomic E-state index is 0.0412. The molecule has 0 amide bonds. The van der Waals surface area contributed by atoms with Gasteiger partial charge in [0.1, 0.15) is 11.2 Å². The monoisotopic (exact) mass is 372 g/mol. The van der Waals surface area contributed by atoms with Crippen molar-refractivity contribution in [3.63, 3.8) is 0 Å². The van der Waals surface area contributed by atoms with E-state index < -0.39 is 17.2 Å². The second-order valence-electron chi connectivity index (χ2n) is 8.20. The van der Waals surface area contributed by atoms with Crippen LogP contribution in [-0.2, 0) is 0 Å². The normalized spacial score (nSPS) is 26.4. The SMILES string of the molecule is CNCC12CC(C1)N(c1nc3c(cc1F)c(=O)c(C(=O)O)cn3C1CC1)C2. The lowest BCUT2D eigenvalue weighted by atomic mass is 9.70. The topological polar surface area (TPSA) is 87.5 Å². The Bertz CT molecular complexity index is 1020. The molecule has 2 N–H and O–H groups in total. The summed E-state index contributed by atoms with van der Waals surface area (Å²) in [6, 6.07) is 1.57. The first-order valence-electron chi connectivity index (χ1n) is 9.32. The van der Waals surface area contributed by atoms with E-state index in [1.54, 1.807) is 4.57 Å². The Hall–Kier alpha value is -2.48. The lowest BCUT2D eigenvalue weighted by Gasteiger charge is -2.36. The molecule has 7 nitrogen and oxygen atoms in total. The fourth-order valence-corrected chi connectivity index (χ4v) is 4.83. The molecule has 142 valence electrons. The third-order valence-electron chi connectivity index (χ3n) is 6.22. The zero-order valence-corrected chi connectivity index (χ0v) is 15.0. The van der Waals surface area contributed by atoms with Gasteiger partial charge in [0.15, 0.2) is 11.6 Å². The Morgan fingerprint density at radius 3 is 2.78 bits per heavy atom. The molecular formula is C19H21FN4O3. The van der Waals surface area contributed by atoms with Crippen molar-refractivity contribution >= 4 is 22.8 Å². The number of nitrogens with one attached hydrogen (secondary N) is 1. The molecule has 0 unspecified atom stereocenters. The van der Waals surface area contributed by atoms with Crippen molar-refractivity contribution in [2.75, 3.05) is 25.0 Å². The zero-order chi connectivity index (χ0) is 18.9. The third kappa shape index (κ3) is 2.39. The van der Waals surface area contributed by atoms with Crippen LogP contribution in [0.2, 0.25) is 0 Å². The molecule has 2 aliphatic carbocycles. The van der Waals surface area contributed by atoms with Crippen LogP contribution in [-0.4, -0.2) is 46.8 Å². The van der Waals surface area contributed by atoms with Gasteiger partial charge in [-0.2, -0.15) is 0 Å². The molecule has 4 fully saturated rings. The van der Waals surface area contributed by atoms with E-state index in [-0.39, 0.29) is 34.3 Å². The van der Waals surface area contributed by atoms with Gasteiger partial charge in [0.25, 0.3) is 0 Å². The van der Waals surface area contributed by atoms with Gasteiger partial charge in [0.05, 0.1) is 5.39 Å². The van der Waals surface area contributed by atoms with Crippen LogP contribution in [0.4, 0.5) is 10.2 Å². The number of carboxylic acid groups (broad SMARTS) is 1. The number of rotatable bonds is 5. The molecule has 2 saturated carbocycles. The standard InChI is InChI=1S/C19H21FN4O3/c1-21-8-19-5-11(6-19)24(9-19)17-14(20)4-12-15(25)13(18(26)27)7-23(10-2-3-10)16(12)22-17/h4,7,10-11,21H,2-3,5-6,8-9H2,1H3,(H,26,27). The van der Waals surface area contributed by atoms with Crippen LogP contribution in [0.25, 0.3) is 11.0 Å². The Balaban J connectivity index is 1.65. The number of halogens is 1. The molecule has 27 heavy (non-hydrogen) atoms. The van der Waals surface area contributed by atoms with Crippen molar-refractivity contribution in [1.82, 2.24) is 14.9 Å². The lowest BCUT2D eigenvalue weighted by Crippen LogP contribution is -2.41. The van der Waals surface area contributed by atoms with Gasteiger partial charge < -0.3 is 19.9 Å². The zero-order valence-electron chi connectivity index (χ0n) is 15.0. The van der Waals surface area contributed by atoms with Gasteiger partial charge in [-0.3, -0.25) is 4.79 Å². The number of anilines is 1. The van der Waals surface area contributed by atoms with E-state index in [0.717, 1.165) is 38.8 Å². The number of carbonyl (C=O) groups is 1. The Labute approximate surface area is 154 Å². The van der Waals surface area contributed by atoms with Gasteiger partial charge in [0.2, 0.25) is 5.43 Å². The third-order valence-corrected chi connectivity index (χ3v) is 6.22. The highest BCUT2D eigenvalue weighted by Crippen LogP contribution is 2.52. The van der Waals surface area contributed by atoms with Crippen LogP contribution in [0.15, 0.2) is 17.1 Å². The van der Waals surface area contributed by atoms with Crippen LogP contribution >= 0.6 is 0 Å². The van der Waals surface area contributed by atoms with Crippen molar-refractivity contribution in [1.29, 1.82) is 0 Å². The van der Waals surface area contributed by atoms with Gasteiger partial charge in [-0.05, 0) is 38.8 Å². The first-order valence-corrected chi connectivity index (χ1v) is 9.32. The first-order chi connectivity index (χ1) is 12.9. The summed E-state index contributed by atoms with van der Waals surface area (Å²) in [6.07, 6.45) is 5.21. The number of hydrogen-bond acceptors (Lipinski definition) is 5. The highest BCUT2D eigenvalue weighted by atomic mass is 19.1. The summed E-state index contributed by atoms with van der Waals surface area (Å²) >= 11 is 0. The average Bonchev–Trinajstić information content (AvgIpc) is 3.29. The van der Waals surface area contributed by atoms with Crippen molar-refractivity contribution in [2.45, 2.75) is 37.8 Å². The maximum absolute atomic E-state index is 14.9. The first kappa shape index (κ1) is 16.7. The summed E-state index contributed by atoms with van der Waals surface area (Å²) in [7, 11) is 1.92. The second-order valence-corrected chi connectivity index (χ2v) is 8.20. The lowest BCUT2D eigenvalue weighted by molar-refractivity contribution is 0.0695. The predicted molar refractivity (Wildman–Crippen MR) is 97.9 cm³/mol. The molecule has 0 aromatic carbocycles. The van der Waals surface area contributed by atoms with Crippen LogP contribution in [0.3, 0.4) is 0 Å². The molecule has 2 aliphatic heterocycles. The number of aromatic carboxylic acids is 1. The summed E-state index contributed by atoms with van der Waals surface area (Å²) in [5, 5.41) is 12.6. The quantitative estimate of drug-likeness (QED) is 0.832. The van der Waals surface area contributed by atoms with Gasteiger partial charge in [-0.25, -0.2) is 14.2 Å². The van der Waals surface area contributed by atoms with E-state index in [1.165, 1.54) is 12.3 Å². The van der Waals surface area contributed by atoms with Gasteiger partial charge in [-0.15, -0.1) is 0 Å². The highest BCUT2D eigenvalue weighted by Gasteiger charge is 2.55. The van der Waals surface area contributed by atoms with Crippen LogP contribution < -0.4 is 15.6 Å². The summed E-state index contributed by atoms with van der Waals surface area (Å²) in [5.74, 6) is -1.58. The molecule has 6 rings (SSSR count). The van der Waals surface area contributed by atoms with Crippen LogP contribution in [0, 0.1) is 11.2 Å². The molecule has 2 aromatic heterocycles. The highest BCUT2D eigenvalue weighted by molar-refractivity contribution is 5.92. The Kier molecular flexibility index (Phi) is 3.40. The summed E-state index contributed by atoms with van der Waals surface area (Å²) in [4.78, 5) is 30.5. The minimum Gasteiger partial charge on any atom is -0.477 e. The number of carboxylic acids is 1. The number of hydrogen-bond donors (Lipinski definition) is 2. The number of pyridine rings is 2. The molecule has 2 aromatic rings. The average molecular weight is 372 g/mol. The molecule has 0 atom stereocenters. The summed E-state index contributed by atoms with van der Waals surface area (Å²) < 4.78 is 16.7. The van der Waals surface area contributed by atoms with Gasteiger partial charge in [-0.1, -0.05) is 0 Å². The maximum Gasteiger partial charge on any atom is 0.341 e. The maximum atomic E-state index is 14.9. The largest absolute Gasteiger partial charge is 0.477 e. The van der Waals surface area contributed by atoms with Crippen molar-refractivity contribution < 1.29 is 14.3 Å². The molecule has 4 heterocycles. The van der Waals surface area contributed by atoms with E-state index >= 15 is 0 Å². The fourth-order valence-electron chi connectivity index (χ4n) is 4.83. The molecule has 8 heteroatoms. The molecule has 0 spiro atoms. The Morgan fingerprint density at radius 2 is 2.15 bits per heavy atom. The number of aromatic nitrogens is 2. The molecule has 0 radical (unpaired) electrons. The van der Waals surface area contributed by atoms with E-state index in [2.05, 4.69) is 10.3 Å².